The number of amides is 1. The second-order valence-electron chi connectivity index (χ2n) is 6.60. The van der Waals surface area contributed by atoms with Gasteiger partial charge in [0.2, 0.25) is 0 Å². The summed E-state index contributed by atoms with van der Waals surface area (Å²) in [6, 6.07) is 16.6. The number of thiophene rings is 1. The van der Waals surface area contributed by atoms with Gasteiger partial charge in [0, 0.05) is 9.35 Å². The number of benzene rings is 2. The molecule has 0 atom stereocenters. The molecule has 0 aliphatic rings. The minimum absolute atomic E-state index is 0.0700. The molecule has 32 heavy (non-hydrogen) atoms. The van der Waals surface area contributed by atoms with Crippen LogP contribution in [0.4, 0.5) is 5.69 Å². The first-order valence-corrected chi connectivity index (χ1v) is 12.8. The molecule has 1 heterocycles. The number of hydrazone groups is 1. The summed E-state index contributed by atoms with van der Waals surface area (Å²) in [7, 11) is -4.01. The number of ether oxygens (including phenoxy) is 1. The van der Waals surface area contributed by atoms with Crippen molar-refractivity contribution in [3.05, 3.63) is 75.4 Å². The Morgan fingerprint density at radius 3 is 2.41 bits per heavy atom. The van der Waals surface area contributed by atoms with Gasteiger partial charge in [0.25, 0.3) is 15.9 Å². The van der Waals surface area contributed by atoms with Crippen LogP contribution in [0.3, 0.4) is 0 Å². The summed E-state index contributed by atoms with van der Waals surface area (Å²) in [6.45, 7) is 3.69. The van der Waals surface area contributed by atoms with E-state index >= 15 is 0 Å². The Labute approximate surface area is 199 Å². The Morgan fingerprint density at radius 1 is 1.12 bits per heavy atom. The summed E-state index contributed by atoms with van der Waals surface area (Å²) < 4.78 is 34.0. The first kappa shape index (κ1) is 24.0. The van der Waals surface area contributed by atoms with Crippen molar-refractivity contribution in [2.24, 2.45) is 5.10 Å². The number of hydrogen-bond donors (Lipinski definition) is 1. The van der Waals surface area contributed by atoms with E-state index < -0.39 is 22.5 Å². The number of hydrogen-bond acceptors (Lipinski definition) is 6. The summed E-state index contributed by atoms with van der Waals surface area (Å²) in [5.74, 6) is 0.0494. The molecule has 0 saturated heterocycles. The highest BCUT2D eigenvalue weighted by Gasteiger charge is 2.27. The van der Waals surface area contributed by atoms with Crippen LogP contribution in [0.2, 0.25) is 0 Å². The lowest BCUT2D eigenvalue weighted by Crippen LogP contribution is -2.39. The molecule has 3 aromatic rings. The Hall–Kier alpha value is -2.69. The number of anilines is 1. The number of carbonyl (C=O) groups is 1. The predicted octanol–water partition coefficient (Wildman–Crippen LogP) is 4.65. The summed E-state index contributed by atoms with van der Waals surface area (Å²) in [5.41, 5.74) is 3.43. The molecule has 7 nitrogen and oxygen atoms in total. The lowest BCUT2D eigenvalue weighted by Gasteiger charge is -2.24. The molecular weight excluding hydrogens is 514 g/mol. The van der Waals surface area contributed by atoms with Crippen LogP contribution in [0.15, 0.2) is 80.5 Å². The Kier molecular flexibility index (Phi) is 8.05. The Bertz CT molecular complexity index is 1180. The van der Waals surface area contributed by atoms with Crippen molar-refractivity contribution < 1.29 is 17.9 Å². The number of carbonyl (C=O) groups excluding carboxylic acids is 1. The van der Waals surface area contributed by atoms with Gasteiger partial charge >= 0.3 is 0 Å². The van der Waals surface area contributed by atoms with E-state index in [-0.39, 0.29) is 4.90 Å². The molecule has 0 unspecified atom stereocenters. The minimum atomic E-state index is -4.01. The molecule has 0 saturated carbocycles. The van der Waals surface area contributed by atoms with Crippen molar-refractivity contribution in [1.29, 1.82) is 0 Å². The third-order valence-electron chi connectivity index (χ3n) is 4.35. The van der Waals surface area contributed by atoms with Crippen molar-refractivity contribution in [2.75, 3.05) is 17.5 Å². The summed E-state index contributed by atoms with van der Waals surface area (Å²) >= 11 is 4.80. The molecule has 0 bridgehead atoms. The normalized spacial score (nSPS) is 11.8. The summed E-state index contributed by atoms with van der Waals surface area (Å²) in [6.07, 6.45) is 0. The summed E-state index contributed by atoms with van der Waals surface area (Å²) in [5, 5.41) is 6.01. The predicted molar refractivity (Wildman–Crippen MR) is 131 cm³/mol. The molecule has 3 rings (SSSR count). The van der Waals surface area contributed by atoms with Gasteiger partial charge < -0.3 is 4.74 Å². The maximum Gasteiger partial charge on any atom is 0.264 e. The van der Waals surface area contributed by atoms with Crippen LogP contribution in [0.5, 0.6) is 5.75 Å². The van der Waals surface area contributed by atoms with Crippen molar-refractivity contribution in [2.45, 2.75) is 18.7 Å². The highest BCUT2D eigenvalue weighted by Crippen LogP contribution is 2.26. The molecule has 0 fully saturated rings. The molecule has 2 aromatic carbocycles. The van der Waals surface area contributed by atoms with Gasteiger partial charge in [-0.1, -0.05) is 22.0 Å². The van der Waals surface area contributed by atoms with Crippen LogP contribution < -0.4 is 14.5 Å². The van der Waals surface area contributed by atoms with Crippen molar-refractivity contribution in [3.63, 3.8) is 0 Å². The Balaban J connectivity index is 1.88. The lowest BCUT2D eigenvalue weighted by atomic mass is 10.3. The van der Waals surface area contributed by atoms with Crippen LogP contribution in [-0.2, 0) is 14.8 Å². The SMILES string of the molecule is CCOc1ccc(N(CC(=O)N/N=C(\C)c2cccs2)S(=O)(=O)c2ccc(Br)cc2)cc1. The van der Waals surface area contributed by atoms with E-state index in [9.17, 15) is 13.2 Å². The van der Waals surface area contributed by atoms with Crippen molar-refractivity contribution in [3.8, 4) is 5.75 Å². The third-order valence-corrected chi connectivity index (χ3v) is 7.65. The quantitative estimate of drug-likeness (QED) is 0.319. The van der Waals surface area contributed by atoms with E-state index in [0.29, 0.717) is 23.8 Å². The van der Waals surface area contributed by atoms with E-state index in [1.165, 1.54) is 23.5 Å². The van der Waals surface area contributed by atoms with Gasteiger partial charge in [-0.05, 0) is 73.8 Å². The first-order valence-electron chi connectivity index (χ1n) is 9.69. The average Bonchev–Trinajstić information content (AvgIpc) is 3.32. The van der Waals surface area contributed by atoms with Crippen molar-refractivity contribution in [1.82, 2.24) is 5.43 Å². The number of rotatable bonds is 9. The molecule has 1 amide bonds. The average molecular weight is 536 g/mol. The molecule has 168 valence electrons. The van der Waals surface area contributed by atoms with Gasteiger partial charge in [-0.2, -0.15) is 5.10 Å². The number of nitrogens with zero attached hydrogens (tertiary/aromatic N) is 2. The lowest BCUT2D eigenvalue weighted by molar-refractivity contribution is -0.119. The zero-order chi connectivity index (χ0) is 23.1. The number of nitrogens with one attached hydrogen (secondary N) is 1. The number of sulfonamides is 1. The largest absolute Gasteiger partial charge is 0.494 e. The van der Waals surface area contributed by atoms with Crippen LogP contribution in [0, 0.1) is 0 Å². The zero-order valence-corrected chi connectivity index (χ0v) is 20.7. The highest BCUT2D eigenvalue weighted by atomic mass is 79.9. The minimum Gasteiger partial charge on any atom is -0.494 e. The smallest absolute Gasteiger partial charge is 0.264 e. The summed E-state index contributed by atoms with van der Waals surface area (Å²) in [4.78, 5) is 13.6. The molecular formula is C22H22BrN3O4S2. The van der Waals surface area contributed by atoms with Crippen LogP contribution in [-0.4, -0.2) is 33.2 Å². The maximum atomic E-state index is 13.4. The van der Waals surface area contributed by atoms with Gasteiger partial charge in [0.1, 0.15) is 12.3 Å². The standard InChI is InChI=1S/C22H22BrN3O4S2/c1-3-30-19-10-8-18(9-11-19)26(32(28,29)20-12-6-17(23)7-13-20)15-22(27)25-24-16(2)21-5-4-14-31-21/h4-14H,3,15H2,1-2H3,(H,25,27)/b24-16+. The van der Waals surface area contributed by atoms with Gasteiger partial charge in [-0.15, -0.1) is 11.3 Å². The van der Waals surface area contributed by atoms with Gasteiger partial charge in [0.05, 0.1) is 22.9 Å². The van der Waals surface area contributed by atoms with E-state index in [2.05, 4.69) is 26.5 Å². The fraction of sp³-hybridized carbons (Fsp3) is 0.182. The molecule has 0 aliphatic heterocycles. The monoisotopic (exact) mass is 535 g/mol. The van der Waals surface area contributed by atoms with Gasteiger partial charge in [-0.3, -0.25) is 9.10 Å². The van der Waals surface area contributed by atoms with Crippen LogP contribution >= 0.6 is 27.3 Å². The van der Waals surface area contributed by atoms with E-state index in [4.69, 9.17) is 4.74 Å². The highest BCUT2D eigenvalue weighted by molar-refractivity contribution is 9.10. The van der Waals surface area contributed by atoms with E-state index in [0.717, 1.165) is 13.7 Å². The molecule has 1 aromatic heterocycles. The van der Waals surface area contributed by atoms with Gasteiger partial charge in [-0.25, -0.2) is 13.8 Å². The van der Waals surface area contributed by atoms with Crippen LogP contribution in [0.1, 0.15) is 18.7 Å². The maximum absolute atomic E-state index is 13.4. The first-order chi connectivity index (χ1) is 15.3. The van der Waals surface area contributed by atoms with E-state index in [1.54, 1.807) is 43.3 Å². The molecule has 10 heteroatoms. The number of halogens is 1. The third kappa shape index (κ3) is 5.96. The second-order valence-corrected chi connectivity index (χ2v) is 10.3. The van der Waals surface area contributed by atoms with Gasteiger partial charge in [0.15, 0.2) is 0 Å². The molecule has 0 spiro atoms. The zero-order valence-electron chi connectivity index (χ0n) is 17.5. The van der Waals surface area contributed by atoms with Crippen LogP contribution in [0.25, 0.3) is 0 Å². The topological polar surface area (TPSA) is 88.1 Å². The molecule has 0 aliphatic carbocycles. The fourth-order valence-electron chi connectivity index (χ4n) is 2.78. The second kappa shape index (κ2) is 10.8. The molecule has 0 radical (unpaired) electrons. The van der Waals surface area contributed by atoms with E-state index in [1.807, 2.05) is 24.4 Å². The molecule has 1 N–H and O–H groups in total. The van der Waals surface area contributed by atoms with Crippen molar-refractivity contribution >= 4 is 54.6 Å². The Morgan fingerprint density at radius 2 is 1.81 bits per heavy atom. The fourth-order valence-corrected chi connectivity index (χ4v) is 5.14.